The number of hydrogen-bond donors (Lipinski definition) is 10. The number of carbonyl (C=O) groups is 6. The molecule has 0 fully saturated rings. The molecule has 5 amide bonds. The van der Waals surface area contributed by atoms with Gasteiger partial charge in [-0.3, -0.25) is 28.8 Å². The van der Waals surface area contributed by atoms with E-state index in [1.54, 1.807) is 42.5 Å². The van der Waals surface area contributed by atoms with Crippen LogP contribution < -0.4 is 49.5 Å². The smallest absolute Gasteiger partial charge is 0.268 e. The number of Topliss-reactive ketones (excluding diaryl/α,β-unsaturated/α-hetero) is 1. The van der Waals surface area contributed by atoms with Crippen molar-refractivity contribution in [2.45, 2.75) is 62.7 Å². The predicted octanol–water partition coefficient (Wildman–Crippen LogP) is -1.91. The molecule has 288 valence electrons. The standard InChI is InChI=1S/C34H42ClN11O8/c1-17(47)25(44-31(51)24(15-38)43-29(49)20-7-5-18(6-8-20)19-9-11-21(35)12-10-19)32(52)46-28(40)33(53)42-23(4-2-3-13-36)30(50)45-27(39)26(48)34-41-16-22(14-37)54-34/h5-12,16-17,23-25,27-28,47H,2-4,13,15,36,38-40H2,1H3,(H,42,53)(H,43,49)(H,44,51)(H,45,50)(H,46,52). The van der Waals surface area contributed by atoms with E-state index in [-0.39, 0.29) is 30.8 Å². The summed E-state index contributed by atoms with van der Waals surface area (Å²) in [5.41, 5.74) is 24.9. The van der Waals surface area contributed by atoms with E-state index >= 15 is 0 Å². The number of aliphatic hydroxyl groups excluding tert-OH is 1. The number of ketones is 1. The van der Waals surface area contributed by atoms with E-state index in [0.29, 0.717) is 17.9 Å². The summed E-state index contributed by atoms with van der Waals surface area (Å²) in [5, 5.41) is 31.3. The minimum absolute atomic E-state index is 0.0268. The number of rotatable bonds is 19. The molecular formula is C34H42ClN11O8. The zero-order chi connectivity index (χ0) is 39.9. The predicted molar refractivity (Wildman–Crippen MR) is 193 cm³/mol. The highest BCUT2D eigenvalue weighted by molar-refractivity contribution is 6.30. The Hall–Kier alpha value is -5.75. The third kappa shape index (κ3) is 12.2. The summed E-state index contributed by atoms with van der Waals surface area (Å²) in [5.74, 6) is -6.31. The molecule has 0 bridgehead atoms. The largest absolute Gasteiger partial charge is 0.423 e. The van der Waals surface area contributed by atoms with Gasteiger partial charge in [-0.25, -0.2) is 4.98 Å². The van der Waals surface area contributed by atoms with Crippen LogP contribution in [0.25, 0.3) is 11.1 Å². The second kappa shape index (κ2) is 20.5. The van der Waals surface area contributed by atoms with E-state index in [1.165, 1.54) is 6.92 Å². The number of unbranched alkanes of at least 4 members (excludes halogenated alkanes) is 1. The van der Waals surface area contributed by atoms with E-state index in [9.17, 15) is 33.9 Å². The fourth-order valence-electron chi connectivity index (χ4n) is 4.81. The number of carbonyl (C=O) groups excluding carboxylic acids is 6. The monoisotopic (exact) mass is 767 g/mol. The Morgan fingerprint density at radius 2 is 1.41 bits per heavy atom. The maximum Gasteiger partial charge on any atom is 0.268 e. The van der Waals surface area contributed by atoms with Crippen LogP contribution >= 0.6 is 11.6 Å². The molecule has 3 rings (SSSR count). The lowest BCUT2D eigenvalue weighted by Crippen LogP contribution is -2.63. The van der Waals surface area contributed by atoms with Crippen molar-refractivity contribution in [3.05, 3.63) is 77.0 Å². The Labute approximate surface area is 314 Å². The van der Waals surface area contributed by atoms with Crippen molar-refractivity contribution >= 4 is 46.9 Å². The first kappa shape index (κ1) is 42.7. The molecule has 0 saturated heterocycles. The molecule has 6 unspecified atom stereocenters. The van der Waals surface area contributed by atoms with Crippen LogP contribution in [0.15, 0.2) is 59.1 Å². The normalized spacial score (nSPS) is 14.2. The Kier molecular flexibility index (Phi) is 16.2. The Bertz CT molecular complexity index is 1830. The van der Waals surface area contributed by atoms with Crippen LogP contribution in [-0.2, 0) is 19.2 Å². The van der Waals surface area contributed by atoms with Gasteiger partial charge < -0.3 is 59.0 Å². The summed E-state index contributed by atoms with van der Waals surface area (Å²) >= 11 is 5.95. The SMILES string of the molecule is CC(O)C(NC(=O)C(CN)NC(=O)c1ccc(-c2ccc(Cl)cc2)cc1)C(=O)NC(N)C(=O)NC(CCCCN)C(=O)NC(N)C(=O)c1ncc(C#N)o1. The maximum absolute atomic E-state index is 13.1. The number of hydrogen-bond acceptors (Lipinski definition) is 14. The van der Waals surface area contributed by atoms with Gasteiger partial charge >= 0.3 is 0 Å². The van der Waals surface area contributed by atoms with Crippen molar-refractivity contribution in [1.29, 1.82) is 5.26 Å². The molecule has 0 aliphatic carbocycles. The van der Waals surface area contributed by atoms with Crippen LogP contribution in [0.3, 0.4) is 0 Å². The second-order valence-corrected chi connectivity index (χ2v) is 12.3. The number of aliphatic hydroxyl groups is 1. The molecule has 0 radical (unpaired) electrons. The van der Waals surface area contributed by atoms with E-state index < -0.39 is 77.8 Å². The third-order valence-electron chi connectivity index (χ3n) is 7.81. The molecule has 20 heteroatoms. The number of oxazole rings is 1. The number of aromatic nitrogens is 1. The number of benzene rings is 2. The molecule has 0 aliphatic heterocycles. The third-order valence-corrected chi connectivity index (χ3v) is 8.06. The first-order valence-corrected chi connectivity index (χ1v) is 16.9. The first-order valence-electron chi connectivity index (χ1n) is 16.6. The van der Waals surface area contributed by atoms with Gasteiger partial charge in [-0.05, 0) is 68.1 Å². The topological polar surface area (TPSA) is 337 Å². The first-order chi connectivity index (χ1) is 25.7. The van der Waals surface area contributed by atoms with Gasteiger partial charge in [0.2, 0.25) is 23.5 Å². The quantitative estimate of drug-likeness (QED) is 0.0362. The van der Waals surface area contributed by atoms with Gasteiger partial charge in [0.25, 0.3) is 23.5 Å². The average molecular weight is 768 g/mol. The van der Waals surface area contributed by atoms with Gasteiger partial charge in [-0.2, -0.15) is 5.26 Å². The lowest BCUT2D eigenvalue weighted by Gasteiger charge is -2.26. The zero-order valence-electron chi connectivity index (χ0n) is 29.1. The minimum atomic E-state index is -1.80. The highest BCUT2D eigenvalue weighted by Crippen LogP contribution is 2.22. The zero-order valence-corrected chi connectivity index (χ0v) is 29.8. The Balaban J connectivity index is 1.60. The van der Waals surface area contributed by atoms with Crippen molar-refractivity contribution in [3.8, 4) is 17.2 Å². The van der Waals surface area contributed by atoms with E-state index in [4.69, 9.17) is 44.2 Å². The second-order valence-electron chi connectivity index (χ2n) is 11.9. The van der Waals surface area contributed by atoms with Crippen molar-refractivity contribution in [1.82, 2.24) is 31.6 Å². The van der Waals surface area contributed by atoms with Gasteiger partial charge in [0.15, 0.2) is 6.17 Å². The molecule has 6 atom stereocenters. The Morgan fingerprint density at radius 1 is 0.815 bits per heavy atom. The lowest BCUT2D eigenvalue weighted by atomic mass is 10.0. The van der Waals surface area contributed by atoms with Gasteiger partial charge in [0.05, 0.1) is 12.3 Å². The highest BCUT2D eigenvalue weighted by atomic mass is 35.5. The van der Waals surface area contributed by atoms with Crippen molar-refractivity contribution in [2.75, 3.05) is 13.1 Å². The molecule has 19 nitrogen and oxygen atoms in total. The maximum atomic E-state index is 13.1. The molecule has 0 spiro atoms. The molecule has 0 saturated carbocycles. The highest BCUT2D eigenvalue weighted by Gasteiger charge is 2.33. The summed E-state index contributed by atoms with van der Waals surface area (Å²) in [6.45, 7) is 1.09. The van der Waals surface area contributed by atoms with Gasteiger partial charge in [-0.15, -0.1) is 0 Å². The van der Waals surface area contributed by atoms with Gasteiger partial charge in [0.1, 0.15) is 30.4 Å². The molecule has 1 heterocycles. The van der Waals surface area contributed by atoms with Gasteiger partial charge in [-0.1, -0.05) is 35.9 Å². The molecule has 1 aromatic heterocycles. The number of nitriles is 1. The summed E-state index contributed by atoms with van der Waals surface area (Å²) in [4.78, 5) is 81.4. The molecular weight excluding hydrogens is 726 g/mol. The Morgan fingerprint density at radius 3 is 1.96 bits per heavy atom. The van der Waals surface area contributed by atoms with Crippen LogP contribution in [0.5, 0.6) is 0 Å². The number of nitrogens with one attached hydrogen (secondary N) is 5. The number of amides is 5. The van der Waals surface area contributed by atoms with Crippen LogP contribution in [0.2, 0.25) is 5.02 Å². The van der Waals surface area contributed by atoms with Crippen LogP contribution in [0.4, 0.5) is 0 Å². The summed E-state index contributed by atoms with van der Waals surface area (Å²) in [6.07, 6.45) is -3.12. The molecule has 0 aliphatic rings. The summed E-state index contributed by atoms with van der Waals surface area (Å²) in [6, 6.07) is 11.0. The molecule has 2 aromatic carbocycles. The fraction of sp³-hybridized carbons (Fsp3) is 0.353. The molecule has 3 aromatic rings. The van der Waals surface area contributed by atoms with Crippen molar-refractivity contribution in [3.63, 3.8) is 0 Å². The van der Waals surface area contributed by atoms with Gasteiger partial charge in [0, 0.05) is 17.1 Å². The fourth-order valence-corrected chi connectivity index (χ4v) is 4.94. The van der Waals surface area contributed by atoms with E-state index in [2.05, 4.69) is 31.6 Å². The molecule has 54 heavy (non-hydrogen) atoms. The number of nitrogens with zero attached hydrogens (tertiary/aromatic N) is 2. The summed E-state index contributed by atoms with van der Waals surface area (Å²) in [7, 11) is 0. The van der Waals surface area contributed by atoms with Crippen LogP contribution in [0, 0.1) is 11.3 Å². The van der Waals surface area contributed by atoms with E-state index in [0.717, 1.165) is 17.3 Å². The molecule has 14 N–H and O–H groups in total. The number of nitrogens with two attached hydrogens (primary N) is 4. The summed E-state index contributed by atoms with van der Waals surface area (Å²) < 4.78 is 4.94. The van der Waals surface area contributed by atoms with Crippen LogP contribution in [0.1, 0.15) is 53.0 Å². The number of halogens is 1. The van der Waals surface area contributed by atoms with E-state index in [1.807, 2.05) is 12.1 Å². The minimum Gasteiger partial charge on any atom is -0.423 e. The van der Waals surface area contributed by atoms with Crippen LogP contribution in [-0.4, -0.2) is 95.1 Å². The van der Waals surface area contributed by atoms with Crippen molar-refractivity contribution < 1.29 is 38.3 Å². The lowest BCUT2D eigenvalue weighted by molar-refractivity contribution is -0.135. The average Bonchev–Trinajstić information content (AvgIpc) is 3.64. The van der Waals surface area contributed by atoms with Crippen molar-refractivity contribution in [2.24, 2.45) is 22.9 Å².